The molecule has 0 unspecified atom stereocenters. The van der Waals surface area contributed by atoms with E-state index in [9.17, 15) is 4.79 Å². The smallest absolute Gasteiger partial charge is 0.292 e. The molecule has 30 heavy (non-hydrogen) atoms. The molecule has 4 rings (SSSR count). The van der Waals surface area contributed by atoms with Crippen LogP contribution in [0.2, 0.25) is 10.0 Å². The van der Waals surface area contributed by atoms with E-state index >= 15 is 0 Å². The van der Waals surface area contributed by atoms with Crippen LogP contribution in [0.4, 0.5) is 5.69 Å². The third kappa shape index (κ3) is 3.58. The number of anilines is 1. The average molecular weight is 450 g/mol. The summed E-state index contributed by atoms with van der Waals surface area (Å²) in [5.74, 6) is -0.685. The van der Waals surface area contributed by atoms with Crippen molar-refractivity contribution in [2.24, 2.45) is 0 Å². The predicted octanol–water partition coefficient (Wildman–Crippen LogP) is 5.44. The molecule has 2 heterocycles. The van der Waals surface area contributed by atoms with Gasteiger partial charge in [0.05, 0.1) is 41.1 Å². The van der Waals surface area contributed by atoms with E-state index in [2.05, 4.69) is 26.0 Å². The summed E-state index contributed by atoms with van der Waals surface area (Å²) in [6.45, 7) is 7.71. The molecule has 1 amide bonds. The molecule has 0 bridgehead atoms. The Morgan fingerprint density at radius 1 is 1.13 bits per heavy atom. The molecule has 2 aliphatic rings. The average Bonchev–Trinajstić information content (AvgIpc) is 2.95. The standard InChI is InChI=1S/C23H25Cl2NO4/c1-14(2)16-6-5-15(3)13-19(16)28-12-9-26-21-18(25)8-7-17(24)20(21)23(22(26)27)29-10-4-11-30-23/h5-8,13-14H,4,9-12H2,1-3H3. The van der Waals surface area contributed by atoms with Gasteiger partial charge in [-0.3, -0.25) is 4.79 Å². The van der Waals surface area contributed by atoms with E-state index < -0.39 is 5.79 Å². The van der Waals surface area contributed by atoms with Crippen LogP contribution in [0.1, 0.15) is 42.9 Å². The zero-order valence-electron chi connectivity index (χ0n) is 17.3. The van der Waals surface area contributed by atoms with Crippen LogP contribution in [-0.2, 0) is 20.1 Å². The number of aryl methyl sites for hydroxylation is 1. The van der Waals surface area contributed by atoms with E-state index in [1.165, 1.54) is 0 Å². The summed E-state index contributed by atoms with van der Waals surface area (Å²) in [6, 6.07) is 9.53. The van der Waals surface area contributed by atoms with Gasteiger partial charge in [0.25, 0.3) is 11.7 Å². The third-order valence-corrected chi connectivity index (χ3v) is 6.09. The molecule has 0 aromatic heterocycles. The van der Waals surface area contributed by atoms with Gasteiger partial charge in [0.15, 0.2) is 0 Å². The summed E-state index contributed by atoms with van der Waals surface area (Å²) in [5.41, 5.74) is 3.27. The van der Waals surface area contributed by atoms with E-state index in [1.807, 2.05) is 13.0 Å². The Morgan fingerprint density at radius 3 is 2.53 bits per heavy atom. The largest absolute Gasteiger partial charge is 0.491 e. The molecule has 0 N–H and O–H groups in total. The monoisotopic (exact) mass is 449 g/mol. The van der Waals surface area contributed by atoms with Crippen LogP contribution in [0.3, 0.4) is 0 Å². The van der Waals surface area contributed by atoms with Gasteiger partial charge < -0.3 is 19.1 Å². The van der Waals surface area contributed by atoms with Crippen LogP contribution in [0, 0.1) is 6.92 Å². The Labute approximate surface area is 186 Å². The van der Waals surface area contributed by atoms with Crippen molar-refractivity contribution in [3.8, 4) is 5.75 Å². The van der Waals surface area contributed by atoms with E-state index in [-0.39, 0.29) is 5.91 Å². The first kappa shape index (κ1) is 21.4. The Kier molecular flexibility index (Phi) is 5.99. The summed E-state index contributed by atoms with van der Waals surface area (Å²) in [4.78, 5) is 15.0. The third-order valence-electron chi connectivity index (χ3n) is 5.47. The molecule has 5 nitrogen and oxygen atoms in total. The lowest BCUT2D eigenvalue weighted by molar-refractivity contribution is -0.256. The van der Waals surface area contributed by atoms with E-state index in [0.717, 1.165) is 23.3 Å². The van der Waals surface area contributed by atoms with Gasteiger partial charge in [-0.15, -0.1) is 0 Å². The van der Waals surface area contributed by atoms with Gasteiger partial charge >= 0.3 is 0 Å². The van der Waals surface area contributed by atoms with Gasteiger partial charge in [-0.2, -0.15) is 0 Å². The first-order chi connectivity index (χ1) is 14.3. The maximum atomic E-state index is 13.4. The van der Waals surface area contributed by atoms with Crippen LogP contribution in [0.25, 0.3) is 0 Å². The fourth-order valence-electron chi connectivity index (χ4n) is 4.01. The molecule has 1 spiro atoms. The topological polar surface area (TPSA) is 48.0 Å². The van der Waals surface area contributed by atoms with Gasteiger partial charge in [0.1, 0.15) is 12.4 Å². The van der Waals surface area contributed by atoms with Crippen LogP contribution in [0.5, 0.6) is 5.75 Å². The second-order valence-electron chi connectivity index (χ2n) is 7.92. The molecule has 0 saturated carbocycles. The highest BCUT2D eigenvalue weighted by Gasteiger charge is 2.56. The molecule has 7 heteroatoms. The summed E-state index contributed by atoms with van der Waals surface area (Å²) in [7, 11) is 0. The van der Waals surface area contributed by atoms with Crippen LogP contribution in [0.15, 0.2) is 30.3 Å². The minimum absolute atomic E-state index is 0.297. The Bertz CT molecular complexity index is 970. The second kappa shape index (κ2) is 8.39. The van der Waals surface area contributed by atoms with Crippen molar-refractivity contribution >= 4 is 34.8 Å². The summed E-state index contributed by atoms with van der Waals surface area (Å²) < 4.78 is 17.8. The van der Waals surface area contributed by atoms with Crippen LogP contribution in [-0.4, -0.2) is 32.3 Å². The SMILES string of the molecule is Cc1ccc(C(C)C)c(OCCN2C(=O)C3(OCCCO3)c3c(Cl)ccc(Cl)c32)c1. The van der Waals surface area contributed by atoms with Crippen LogP contribution >= 0.6 is 23.2 Å². The first-order valence-electron chi connectivity index (χ1n) is 10.2. The number of hydrogen-bond donors (Lipinski definition) is 0. The van der Waals surface area contributed by atoms with Crippen molar-refractivity contribution in [3.05, 3.63) is 57.1 Å². The zero-order chi connectivity index (χ0) is 21.5. The fraction of sp³-hybridized carbons (Fsp3) is 0.435. The van der Waals surface area contributed by atoms with Gasteiger partial charge in [0.2, 0.25) is 0 Å². The van der Waals surface area contributed by atoms with Crippen molar-refractivity contribution in [1.29, 1.82) is 0 Å². The van der Waals surface area contributed by atoms with Crippen molar-refractivity contribution < 1.29 is 19.0 Å². The van der Waals surface area contributed by atoms with Crippen molar-refractivity contribution in [3.63, 3.8) is 0 Å². The summed E-state index contributed by atoms with van der Waals surface area (Å²) in [5, 5.41) is 0.824. The molecular formula is C23H25Cl2NO4. The molecule has 2 aromatic carbocycles. The van der Waals surface area contributed by atoms with Gasteiger partial charge in [0, 0.05) is 0 Å². The summed E-state index contributed by atoms with van der Waals surface area (Å²) >= 11 is 13.0. The number of carbonyl (C=O) groups excluding carboxylic acids is 1. The van der Waals surface area contributed by atoms with Gasteiger partial charge in [-0.05, 0) is 48.6 Å². The number of nitrogens with zero attached hydrogens (tertiary/aromatic N) is 1. The normalized spacial score (nSPS) is 17.7. The summed E-state index contributed by atoms with van der Waals surface area (Å²) in [6.07, 6.45) is 0.719. The number of fused-ring (bicyclic) bond motifs is 2. The lowest BCUT2D eigenvalue weighted by atomic mass is 10.0. The second-order valence-corrected chi connectivity index (χ2v) is 8.74. The van der Waals surface area contributed by atoms with E-state index in [0.29, 0.717) is 53.6 Å². The molecule has 0 aliphatic carbocycles. The Hall–Kier alpha value is -1.79. The molecule has 2 aliphatic heterocycles. The quantitative estimate of drug-likeness (QED) is 0.609. The highest BCUT2D eigenvalue weighted by Crippen LogP contribution is 2.51. The number of rotatable bonds is 5. The molecule has 0 atom stereocenters. The number of ether oxygens (including phenoxy) is 3. The predicted molar refractivity (Wildman–Crippen MR) is 118 cm³/mol. The number of amides is 1. The number of halogens is 2. The fourth-order valence-corrected chi connectivity index (χ4v) is 4.54. The molecule has 1 fully saturated rings. The zero-order valence-corrected chi connectivity index (χ0v) is 18.8. The maximum Gasteiger partial charge on any atom is 0.292 e. The highest BCUT2D eigenvalue weighted by atomic mass is 35.5. The number of hydrogen-bond acceptors (Lipinski definition) is 4. The van der Waals surface area contributed by atoms with Crippen molar-refractivity contribution in [2.75, 3.05) is 31.3 Å². The van der Waals surface area contributed by atoms with Crippen molar-refractivity contribution in [2.45, 2.75) is 38.9 Å². The maximum absolute atomic E-state index is 13.4. The first-order valence-corrected chi connectivity index (χ1v) is 10.9. The molecule has 2 aromatic rings. The van der Waals surface area contributed by atoms with E-state index in [1.54, 1.807) is 17.0 Å². The Balaban J connectivity index is 1.61. The number of benzene rings is 2. The van der Waals surface area contributed by atoms with Gasteiger partial charge in [-0.25, -0.2) is 0 Å². The van der Waals surface area contributed by atoms with E-state index in [4.69, 9.17) is 37.4 Å². The van der Waals surface area contributed by atoms with Gasteiger partial charge in [-0.1, -0.05) is 49.2 Å². The van der Waals surface area contributed by atoms with Crippen LogP contribution < -0.4 is 9.64 Å². The minimum atomic E-state index is -1.53. The molecular weight excluding hydrogens is 425 g/mol. The van der Waals surface area contributed by atoms with Crippen molar-refractivity contribution in [1.82, 2.24) is 0 Å². The lowest BCUT2D eigenvalue weighted by Gasteiger charge is -2.32. The Morgan fingerprint density at radius 2 is 1.83 bits per heavy atom. The molecule has 160 valence electrons. The number of carbonyl (C=O) groups is 1. The molecule has 1 saturated heterocycles. The highest BCUT2D eigenvalue weighted by molar-refractivity contribution is 6.38. The molecule has 0 radical (unpaired) electrons. The minimum Gasteiger partial charge on any atom is -0.491 e. The lowest BCUT2D eigenvalue weighted by Crippen LogP contribution is -2.48.